The van der Waals surface area contributed by atoms with Crippen LogP contribution in [0.1, 0.15) is 13.3 Å². The van der Waals surface area contributed by atoms with E-state index in [2.05, 4.69) is 0 Å². The van der Waals surface area contributed by atoms with E-state index >= 15 is 0 Å². The lowest BCUT2D eigenvalue weighted by atomic mass is 10.6. The van der Waals surface area contributed by atoms with E-state index in [1.54, 1.807) is 0 Å². The Balaban J connectivity index is 2.56. The second-order valence-electron chi connectivity index (χ2n) is 2.53. The Hall–Kier alpha value is -0.130. The normalized spacial score (nSPS) is 20.8. The number of rotatable bonds is 3. The average molecular weight is 179 g/mol. The van der Waals surface area contributed by atoms with E-state index in [9.17, 15) is 8.42 Å². The Kier molecular flexibility index (Phi) is 2.86. The molecule has 1 saturated heterocycles. The van der Waals surface area contributed by atoms with E-state index in [1.165, 1.54) is 4.31 Å². The number of sulfonamides is 1. The lowest BCUT2D eigenvalue weighted by molar-refractivity contribution is 0.172. The summed E-state index contributed by atoms with van der Waals surface area (Å²) in [5, 5.41) is 0. The van der Waals surface area contributed by atoms with E-state index in [0.717, 1.165) is 0 Å². The monoisotopic (exact) mass is 179 g/mol. The van der Waals surface area contributed by atoms with E-state index < -0.39 is 10.0 Å². The Morgan fingerprint density at radius 2 is 2.27 bits per heavy atom. The van der Waals surface area contributed by atoms with Gasteiger partial charge in [0.05, 0.1) is 12.4 Å². The molecule has 0 radical (unpaired) electrons. The highest BCUT2D eigenvalue weighted by Crippen LogP contribution is 2.07. The van der Waals surface area contributed by atoms with Crippen LogP contribution in [0, 0.1) is 0 Å². The lowest BCUT2D eigenvalue weighted by Crippen LogP contribution is -2.30. The van der Waals surface area contributed by atoms with Gasteiger partial charge in [-0.1, -0.05) is 6.92 Å². The highest BCUT2D eigenvalue weighted by atomic mass is 32.2. The van der Waals surface area contributed by atoms with E-state index in [4.69, 9.17) is 4.74 Å². The molecule has 1 aliphatic rings. The van der Waals surface area contributed by atoms with Crippen LogP contribution in [-0.4, -0.2) is 38.4 Å². The summed E-state index contributed by atoms with van der Waals surface area (Å²) in [5.41, 5.74) is 0. The summed E-state index contributed by atoms with van der Waals surface area (Å²) in [6, 6.07) is 0. The maximum atomic E-state index is 11.3. The Bertz CT molecular complexity index is 206. The van der Waals surface area contributed by atoms with Gasteiger partial charge in [0, 0.05) is 6.54 Å². The summed E-state index contributed by atoms with van der Waals surface area (Å²) in [6.45, 7) is 3.14. The first-order valence-electron chi connectivity index (χ1n) is 3.72. The minimum Gasteiger partial charge on any atom is -0.364 e. The fourth-order valence-corrected chi connectivity index (χ4v) is 2.37. The van der Waals surface area contributed by atoms with Crippen molar-refractivity contribution in [2.45, 2.75) is 13.3 Å². The van der Waals surface area contributed by atoms with Crippen molar-refractivity contribution in [3.05, 3.63) is 0 Å². The summed E-state index contributed by atoms with van der Waals surface area (Å²) in [7, 11) is -3.00. The molecule has 0 aromatic carbocycles. The van der Waals surface area contributed by atoms with Crippen LogP contribution in [-0.2, 0) is 14.8 Å². The fourth-order valence-electron chi connectivity index (χ4n) is 1.00. The van der Waals surface area contributed by atoms with Crippen molar-refractivity contribution in [1.29, 1.82) is 0 Å². The SMILES string of the molecule is CCCS(=O)(=O)N1CCOC1. The smallest absolute Gasteiger partial charge is 0.216 e. The van der Waals surface area contributed by atoms with Gasteiger partial charge in [-0.3, -0.25) is 0 Å². The van der Waals surface area contributed by atoms with Gasteiger partial charge in [0.25, 0.3) is 0 Å². The summed E-state index contributed by atoms with van der Waals surface area (Å²) in [4.78, 5) is 0. The topological polar surface area (TPSA) is 46.6 Å². The van der Waals surface area contributed by atoms with Crippen LogP contribution < -0.4 is 0 Å². The summed E-state index contributed by atoms with van der Waals surface area (Å²) < 4.78 is 28.9. The molecule has 0 bridgehead atoms. The Morgan fingerprint density at radius 3 is 2.73 bits per heavy atom. The lowest BCUT2D eigenvalue weighted by Gasteiger charge is -2.12. The van der Waals surface area contributed by atoms with Crippen LogP contribution in [0.4, 0.5) is 0 Å². The molecule has 4 nitrogen and oxygen atoms in total. The second-order valence-corrected chi connectivity index (χ2v) is 4.62. The van der Waals surface area contributed by atoms with Crippen LogP contribution in [0.2, 0.25) is 0 Å². The second kappa shape index (κ2) is 3.51. The van der Waals surface area contributed by atoms with Crippen molar-refractivity contribution in [1.82, 2.24) is 4.31 Å². The Labute approximate surface area is 67.2 Å². The molecule has 0 N–H and O–H groups in total. The van der Waals surface area contributed by atoms with E-state index in [-0.39, 0.29) is 12.5 Å². The predicted molar refractivity (Wildman–Crippen MR) is 41.6 cm³/mol. The minimum atomic E-state index is -3.00. The summed E-state index contributed by atoms with van der Waals surface area (Å²) in [5.74, 6) is 0.232. The summed E-state index contributed by atoms with van der Waals surface area (Å²) >= 11 is 0. The zero-order chi connectivity index (χ0) is 8.32. The first kappa shape index (κ1) is 8.96. The highest BCUT2D eigenvalue weighted by Gasteiger charge is 2.24. The third-order valence-electron chi connectivity index (χ3n) is 1.58. The molecule has 0 amide bonds. The van der Waals surface area contributed by atoms with Crippen LogP contribution >= 0.6 is 0 Å². The predicted octanol–water partition coefficient (Wildman–Crippen LogP) is 0.0159. The van der Waals surface area contributed by atoms with Crippen LogP contribution in [0.25, 0.3) is 0 Å². The van der Waals surface area contributed by atoms with Gasteiger partial charge >= 0.3 is 0 Å². The fraction of sp³-hybridized carbons (Fsp3) is 1.00. The first-order chi connectivity index (χ1) is 5.17. The van der Waals surface area contributed by atoms with E-state index in [0.29, 0.717) is 19.6 Å². The van der Waals surface area contributed by atoms with Gasteiger partial charge in [-0.2, -0.15) is 4.31 Å². The van der Waals surface area contributed by atoms with Crippen molar-refractivity contribution in [2.75, 3.05) is 25.6 Å². The quantitative estimate of drug-likeness (QED) is 0.613. The van der Waals surface area contributed by atoms with Gasteiger partial charge < -0.3 is 4.74 Å². The highest BCUT2D eigenvalue weighted by molar-refractivity contribution is 7.89. The zero-order valence-corrected chi connectivity index (χ0v) is 7.43. The molecular formula is C6H13NO3S. The molecule has 0 atom stereocenters. The van der Waals surface area contributed by atoms with Crippen molar-refractivity contribution in [2.24, 2.45) is 0 Å². The summed E-state index contributed by atoms with van der Waals surface area (Å²) in [6.07, 6.45) is 0.666. The maximum Gasteiger partial charge on any atom is 0.216 e. The first-order valence-corrected chi connectivity index (χ1v) is 5.33. The molecule has 66 valence electrons. The third kappa shape index (κ3) is 2.15. The van der Waals surface area contributed by atoms with Crippen LogP contribution in [0.5, 0.6) is 0 Å². The van der Waals surface area contributed by atoms with Crippen molar-refractivity contribution < 1.29 is 13.2 Å². The number of hydrogen-bond acceptors (Lipinski definition) is 3. The largest absolute Gasteiger partial charge is 0.364 e. The third-order valence-corrected chi connectivity index (χ3v) is 3.57. The van der Waals surface area contributed by atoms with Gasteiger partial charge in [0.2, 0.25) is 10.0 Å². The average Bonchev–Trinajstić information content (AvgIpc) is 2.37. The van der Waals surface area contributed by atoms with Crippen LogP contribution in [0.3, 0.4) is 0 Å². The molecule has 11 heavy (non-hydrogen) atoms. The van der Waals surface area contributed by atoms with Gasteiger partial charge in [-0.05, 0) is 6.42 Å². The van der Waals surface area contributed by atoms with Crippen molar-refractivity contribution >= 4 is 10.0 Å². The van der Waals surface area contributed by atoms with Gasteiger partial charge in [-0.25, -0.2) is 8.42 Å². The molecule has 1 aliphatic heterocycles. The number of nitrogens with zero attached hydrogens (tertiary/aromatic N) is 1. The number of ether oxygens (including phenoxy) is 1. The molecule has 1 fully saturated rings. The van der Waals surface area contributed by atoms with Crippen molar-refractivity contribution in [3.8, 4) is 0 Å². The molecule has 0 saturated carbocycles. The van der Waals surface area contributed by atoms with Gasteiger partial charge in [-0.15, -0.1) is 0 Å². The molecule has 0 aliphatic carbocycles. The van der Waals surface area contributed by atoms with Gasteiger partial charge in [0.1, 0.15) is 6.73 Å². The molecule has 0 spiro atoms. The zero-order valence-electron chi connectivity index (χ0n) is 6.62. The molecule has 0 aromatic rings. The maximum absolute atomic E-state index is 11.3. The Morgan fingerprint density at radius 1 is 1.55 bits per heavy atom. The molecular weight excluding hydrogens is 166 g/mol. The van der Waals surface area contributed by atoms with Crippen LogP contribution in [0.15, 0.2) is 0 Å². The molecule has 1 heterocycles. The van der Waals surface area contributed by atoms with Crippen molar-refractivity contribution in [3.63, 3.8) is 0 Å². The molecule has 5 heteroatoms. The number of hydrogen-bond donors (Lipinski definition) is 0. The molecule has 0 aromatic heterocycles. The van der Waals surface area contributed by atoms with Gasteiger partial charge in [0.15, 0.2) is 0 Å². The molecule has 1 rings (SSSR count). The standard InChI is InChI=1S/C6H13NO3S/c1-2-5-11(8,9)7-3-4-10-6-7/h2-6H2,1H3. The minimum absolute atomic E-state index is 0.232. The van der Waals surface area contributed by atoms with E-state index in [1.807, 2.05) is 6.92 Å². The molecule has 0 unspecified atom stereocenters.